The smallest absolute Gasteiger partial charge is 0.315 e. The van der Waals surface area contributed by atoms with Gasteiger partial charge in [0.2, 0.25) is 0 Å². The van der Waals surface area contributed by atoms with Gasteiger partial charge < -0.3 is 18.8 Å². The van der Waals surface area contributed by atoms with Crippen LogP contribution >= 0.6 is 0 Å². The topological polar surface area (TPSA) is 49.6 Å². The van der Waals surface area contributed by atoms with E-state index in [2.05, 4.69) is 38.0 Å². The lowest BCUT2D eigenvalue weighted by molar-refractivity contribution is -0.890. The molecule has 25 heavy (non-hydrogen) atoms. The summed E-state index contributed by atoms with van der Waals surface area (Å²) in [5.74, 6) is 0. The van der Waals surface area contributed by atoms with Crippen LogP contribution < -0.4 is 9.80 Å². The van der Waals surface area contributed by atoms with Crippen molar-refractivity contribution in [2.24, 2.45) is 0 Å². The highest BCUT2D eigenvalue weighted by molar-refractivity contribution is 5.78. The number of nitrogens with zero attached hydrogens (tertiary/aromatic N) is 5. The number of piperazine rings is 2. The Hall–Kier alpha value is -1.86. The molecule has 7 heteroatoms. The van der Waals surface area contributed by atoms with Gasteiger partial charge in [-0.05, 0) is 12.1 Å². The maximum Gasteiger partial charge on any atom is 0.315 e. The summed E-state index contributed by atoms with van der Waals surface area (Å²) in [5.41, 5.74) is 1.84. The first-order valence-corrected chi connectivity index (χ1v) is 9.10. The van der Waals surface area contributed by atoms with Crippen LogP contribution in [0.4, 0.5) is 17.1 Å². The molecule has 0 amide bonds. The van der Waals surface area contributed by atoms with Crippen LogP contribution in [-0.4, -0.2) is 94.4 Å². The van der Waals surface area contributed by atoms with Gasteiger partial charge in [0.15, 0.2) is 0 Å². The highest BCUT2D eigenvalue weighted by Crippen LogP contribution is 2.38. The van der Waals surface area contributed by atoms with Crippen molar-refractivity contribution < 1.29 is 13.9 Å². The van der Waals surface area contributed by atoms with Gasteiger partial charge in [-0.25, -0.2) is 0 Å². The second-order valence-corrected chi connectivity index (χ2v) is 8.64. The van der Waals surface area contributed by atoms with E-state index in [1.807, 2.05) is 18.2 Å². The molecule has 0 bridgehead atoms. The third kappa shape index (κ3) is 3.88. The average Bonchev–Trinajstić information content (AvgIpc) is 2.54. The fourth-order valence-corrected chi connectivity index (χ4v) is 3.71. The Morgan fingerprint density at radius 2 is 1.20 bits per heavy atom. The van der Waals surface area contributed by atoms with Gasteiger partial charge >= 0.3 is 5.69 Å². The average molecular weight is 349 g/mol. The number of likely N-dealkylation sites (N-methyl/N-ethyl adjacent to an activating group) is 2. The van der Waals surface area contributed by atoms with Crippen LogP contribution in [0.2, 0.25) is 0 Å². The van der Waals surface area contributed by atoms with Crippen molar-refractivity contribution in [3.8, 4) is 0 Å². The number of nitro benzene ring substituents is 1. The number of quaternary nitrogens is 2. The zero-order valence-electron chi connectivity index (χ0n) is 15.9. The Kier molecular flexibility index (Phi) is 4.64. The standard InChI is InChI=1S/C18H31N5O2/c1-22(2)12-8-19(9-13-22)16-6-5-7-17(18(16)21(24)25)20-10-14-23(3,4)15-11-20/h5-7H,8-15H2,1-4H3/q+2. The van der Waals surface area contributed by atoms with Gasteiger partial charge in [0, 0.05) is 0 Å². The van der Waals surface area contributed by atoms with Gasteiger partial charge in [-0.1, -0.05) is 6.07 Å². The molecule has 138 valence electrons. The predicted octanol–water partition coefficient (Wildman–Crippen LogP) is 1.39. The van der Waals surface area contributed by atoms with Crippen molar-refractivity contribution >= 4 is 17.1 Å². The summed E-state index contributed by atoms with van der Waals surface area (Å²) in [6.45, 7) is 7.49. The van der Waals surface area contributed by atoms with Gasteiger partial charge in [-0.2, -0.15) is 0 Å². The van der Waals surface area contributed by atoms with Crippen molar-refractivity contribution in [1.29, 1.82) is 0 Å². The molecule has 1 aromatic rings. The maximum absolute atomic E-state index is 11.9. The molecule has 0 unspecified atom stereocenters. The quantitative estimate of drug-likeness (QED) is 0.470. The Balaban J connectivity index is 1.89. The fraction of sp³-hybridized carbons (Fsp3) is 0.667. The van der Waals surface area contributed by atoms with Crippen molar-refractivity contribution in [2.45, 2.75) is 0 Å². The summed E-state index contributed by atoms with van der Waals surface area (Å²) in [6.07, 6.45) is 0. The molecule has 2 heterocycles. The first-order valence-electron chi connectivity index (χ1n) is 9.10. The fourth-order valence-electron chi connectivity index (χ4n) is 3.71. The lowest BCUT2D eigenvalue weighted by atomic mass is 10.1. The monoisotopic (exact) mass is 349 g/mol. The second kappa shape index (κ2) is 6.46. The molecule has 0 saturated carbocycles. The summed E-state index contributed by atoms with van der Waals surface area (Å²) < 4.78 is 1.95. The minimum Gasteiger partial charge on any atom is -0.355 e. The van der Waals surface area contributed by atoms with E-state index in [4.69, 9.17) is 0 Å². The van der Waals surface area contributed by atoms with Gasteiger partial charge in [0.25, 0.3) is 0 Å². The Morgan fingerprint density at radius 1 is 0.840 bits per heavy atom. The lowest BCUT2D eigenvalue weighted by Gasteiger charge is -2.41. The third-order valence-electron chi connectivity index (χ3n) is 5.76. The van der Waals surface area contributed by atoms with Gasteiger partial charge in [-0.3, -0.25) is 10.1 Å². The normalized spacial score (nSPS) is 22.7. The maximum atomic E-state index is 11.9. The first kappa shape index (κ1) is 17.9. The molecule has 3 rings (SSSR count). The van der Waals surface area contributed by atoms with E-state index in [0.29, 0.717) is 0 Å². The predicted molar refractivity (Wildman–Crippen MR) is 101 cm³/mol. The molecule has 7 nitrogen and oxygen atoms in total. The Morgan fingerprint density at radius 3 is 1.52 bits per heavy atom. The minimum atomic E-state index is -0.187. The van der Waals surface area contributed by atoms with E-state index in [1.54, 1.807) is 0 Å². The van der Waals surface area contributed by atoms with Crippen molar-refractivity contribution in [2.75, 3.05) is 90.3 Å². The summed E-state index contributed by atoms with van der Waals surface area (Å²) in [5, 5.41) is 11.9. The van der Waals surface area contributed by atoms with Crippen LogP contribution in [-0.2, 0) is 0 Å². The lowest BCUT2D eigenvalue weighted by Crippen LogP contribution is -2.55. The first-order chi connectivity index (χ1) is 11.7. The van der Waals surface area contributed by atoms with Gasteiger partial charge in [0.05, 0.1) is 85.5 Å². The molecule has 0 aromatic heterocycles. The number of nitro groups is 1. The molecule has 0 spiro atoms. The molecule has 2 aliphatic rings. The zero-order valence-corrected chi connectivity index (χ0v) is 15.9. The second-order valence-electron chi connectivity index (χ2n) is 8.64. The van der Waals surface area contributed by atoms with Crippen LogP contribution in [0.25, 0.3) is 0 Å². The largest absolute Gasteiger partial charge is 0.355 e. The van der Waals surface area contributed by atoms with Crippen molar-refractivity contribution in [1.82, 2.24) is 0 Å². The highest BCUT2D eigenvalue weighted by Gasteiger charge is 2.33. The molecule has 2 saturated heterocycles. The van der Waals surface area contributed by atoms with E-state index in [0.717, 1.165) is 72.7 Å². The van der Waals surface area contributed by atoms with Crippen LogP contribution in [0.15, 0.2) is 18.2 Å². The zero-order chi connectivity index (χ0) is 18.2. The van der Waals surface area contributed by atoms with Crippen LogP contribution in [0.3, 0.4) is 0 Å². The van der Waals surface area contributed by atoms with Crippen LogP contribution in [0.5, 0.6) is 0 Å². The summed E-state index contributed by atoms with van der Waals surface area (Å²) in [7, 11) is 8.87. The Labute approximate surface area is 150 Å². The number of para-hydroxylation sites is 1. The Bertz CT molecular complexity index is 593. The molecule has 0 aliphatic carbocycles. The van der Waals surface area contributed by atoms with Crippen molar-refractivity contribution in [3.63, 3.8) is 0 Å². The summed E-state index contributed by atoms with van der Waals surface area (Å²) in [6, 6.07) is 5.80. The molecular weight excluding hydrogens is 318 g/mol. The molecule has 2 aliphatic heterocycles. The number of hydrogen-bond acceptors (Lipinski definition) is 4. The highest BCUT2D eigenvalue weighted by atomic mass is 16.6. The number of rotatable bonds is 3. The summed E-state index contributed by atoms with van der Waals surface area (Å²) >= 11 is 0. The summed E-state index contributed by atoms with van der Waals surface area (Å²) in [4.78, 5) is 16.1. The van der Waals surface area contributed by atoms with Crippen molar-refractivity contribution in [3.05, 3.63) is 28.3 Å². The molecule has 0 radical (unpaired) electrons. The van der Waals surface area contributed by atoms with E-state index in [-0.39, 0.29) is 10.6 Å². The minimum absolute atomic E-state index is 0.187. The number of anilines is 2. The SMILES string of the molecule is C[N+]1(C)CCN(c2cccc(N3CC[N+](C)(C)CC3)c2[N+](=O)[O-])CC1. The molecule has 1 aromatic carbocycles. The van der Waals surface area contributed by atoms with E-state index in [9.17, 15) is 10.1 Å². The van der Waals surface area contributed by atoms with E-state index in [1.165, 1.54) is 0 Å². The number of hydrogen-bond donors (Lipinski definition) is 0. The van der Waals surface area contributed by atoms with E-state index >= 15 is 0 Å². The number of benzene rings is 1. The van der Waals surface area contributed by atoms with Gasteiger partial charge in [0.1, 0.15) is 11.4 Å². The van der Waals surface area contributed by atoms with E-state index < -0.39 is 0 Å². The molecule has 0 N–H and O–H groups in total. The third-order valence-corrected chi connectivity index (χ3v) is 5.76. The van der Waals surface area contributed by atoms with Gasteiger partial charge in [-0.15, -0.1) is 0 Å². The molecular formula is C18H31N5O2+2. The molecule has 0 atom stereocenters. The van der Waals surface area contributed by atoms with Crippen LogP contribution in [0.1, 0.15) is 0 Å². The van der Waals surface area contributed by atoms with Crippen LogP contribution in [0, 0.1) is 10.1 Å². The molecule has 2 fully saturated rings.